The van der Waals surface area contributed by atoms with E-state index in [0.29, 0.717) is 0 Å². The van der Waals surface area contributed by atoms with E-state index in [1.807, 2.05) is 0 Å². The van der Waals surface area contributed by atoms with Gasteiger partial charge in [0.2, 0.25) is 0 Å². The topological polar surface area (TPSA) is 288 Å². The molecule has 2 rings (SSSR count). The average molecular weight is 476 g/mol. The van der Waals surface area contributed by atoms with E-state index in [0.717, 1.165) is 24.3 Å². The van der Waals surface area contributed by atoms with Crippen LogP contribution >= 0.6 is 0 Å². The molecule has 0 aliphatic heterocycles. The Morgan fingerprint density at radius 3 is 0.594 bits per heavy atom. The number of hydrogen-bond donors (Lipinski definition) is 8. The molecule has 0 aliphatic carbocycles. The molecule has 0 heterocycles. The van der Waals surface area contributed by atoms with E-state index in [-0.39, 0.29) is 21.9 Å². The molecule has 2 aromatic carbocycles. The Balaban J connectivity index is -0.000000218. The summed E-state index contributed by atoms with van der Waals surface area (Å²) in [6.45, 7) is 0. The normalized spacial score (nSPS) is 8.88. The van der Waals surface area contributed by atoms with Crippen LogP contribution in [0.5, 0.6) is 0 Å². The van der Waals surface area contributed by atoms with E-state index in [4.69, 9.17) is 40.2 Å². The van der Waals surface area contributed by atoms with Crippen molar-refractivity contribution < 1.29 is 79.7 Å². The number of hydrogen-bond acceptors (Lipinski definition) is 8. The van der Waals surface area contributed by atoms with Crippen molar-refractivity contribution in [2.24, 2.45) is 0 Å². The van der Waals surface area contributed by atoms with Gasteiger partial charge in [0, 0.05) is 21.9 Å². The monoisotopic (exact) mass is 476 g/mol. The summed E-state index contributed by atoms with van der Waals surface area (Å²) < 4.78 is 51.8. The van der Waals surface area contributed by atoms with Gasteiger partial charge in [-0.05, 0) is 0 Å². The highest BCUT2D eigenvalue weighted by Gasteiger charge is 2.26. The SMILES string of the molecule is O.O.O.O.OB(O)c1ccc(B(O)O)c(F)c1F.OB(O)c1ccc(B(O)O)c(F)c1F. The van der Waals surface area contributed by atoms with Crippen LogP contribution < -0.4 is 21.9 Å². The molecule has 0 bridgehead atoms. The molecule has 0 atom stereocenters. The van der Waals surface area contributed by atoms with Gasteiger partial charge in [0.05, 0.1) is 0 Å². The quantitative estimate of drug-likeness (QED) is 0.155. The minimum atomic E-state index is -2.14. The van der Waals surface area contributed by atoms with Crippen LogP contribution in [0.2, 0.25) is 0 Å². The number of rotatable bonds is 4. The molecule has 0 unspecified atom stereocenters. The van der Waals surface area contributed by atoms with Crippen molar-refractivity contribution in [1.82, 2.24) is 0 Å². The molecule has 0 amide bonds. The second kappa shape index (κ2) is 15.7. The summed E-state index contributed by atoms with van der Waals surface area (Å²) in [6, 6.07) is 3.44. The van der Waals surface area contributed by atoms with Crippen LogP contribution in [0.3, 0.4) is 0 Å². The molecule has 20 heteroatoms. The highest BCUT2D eigenvalue weighted by atomic mass is 19.2. The lowest BCUT2D eigenvalue weighted by Gasteiger charge is -2.06. The van der Waals surface area contributed by atoms with Crippen molar-refractivity contribution >= 4 is 50.3 Å². The maximum Gasteiger partial charge on any atom is 0.491 e. The third kappa shape index (κ3) is 8.82. The predicted octanol–water partition coefficient (Wildman–Crippen LogP) is -8.65. The van der Waals surface area contributed by atoms with Crippen molar-refractivity contribution in [3.63, 3.8) is 0 Å². The van der Waals surface area contributed by atoms with Crippen LogP contribution in [0.25, 0.3) is 0 Å². The first-order chi connectivity index (χ1) is 12.9. The molecule has 0 aliphatic rings. The van der Waals surface area contributed by atoms with Gasteiger partial charge >= 0.3 is 28.5 Å². The average Bonchev–Trinajstić information content (AvgIpc) is 2.58. The van der Waals surface area contributed by atoms with Gasteiger partial charge < -0.3 is 62.1 Å². The lowest BCUT2D eigenvalue weighted by molar-refractivity contribution is 0.414. The molecule has 2 aromatic rings. The zero-order valence-electron chi connectivity index (χ0n) is 15.7. The van der Waals surface area contributed by atoms with E-state index in [9.17, 15) is 17.6 Å². The third-order valence-electron chi connectivity index (χ3n) is 3.40. The minimum absolute atomic E-state index is 0. The van der Waals surface area contributed by atoms with Gasteiger partial charge in [0.15, 0.2) is 23.3 Å². The van der Waals surface area contributed by atoms with Gasteiger partial charge in [-0.25, -0.2) is 17.6 Å². The summed E-state index contributed by atoms with van der Waals surface area (Å²) >= 11 is 0. The van der Waals surface area contributed by atoms with E-state index in [1.54, 1.807) is 0 Å². The fraction of sp³-hybridized carbons (Fsp3) is 0. The predicted molar refractivity (Wildman–Crippen MR) is 106 cm³/mol. The summed E-state index contributed by atoms with van der Waals surface area (Å²) in [5.41, 5.74) is -2.64. The fourth-order valence-electron chi connectivity index (χ4n) is 1.96. The zero-order chi connectivity index (χ0) is 21.8. The lowest BCUT2D eigenvalue weighted by atomic mass is 9.74. The van der Waals surface area contributed by atoms with Gasteiger partial charge in [-0.3, -0.25) is 0 Å². The Labute approximate surface area is 178 Å². The Morgan fingerprint density at radius 2 is 0.500 bits per heavy atom. The Bertz CT molecular complexity index is 698. The molecular weight excluding hydrogens is 455 g/mol. The molecule has 0 saturated carbocycles. The Hall–Kier alpha value is -2.06. The van der Waals surface area contributed by atoms with Crippen LogP contribution in [0, 0.1) is 23.3 Å². The summed E-state index contributed by atoms with van der Waals surface area (Å²) in [4.78, 5) is 0. The first-order valence-corrected chi connectivity index (χ1v) is 7.30. The third-order valence-corrected chi connectivity index (χ3v) is 3.40. The molecular formula is C12H20B4F4O12. The first kappa shape index (κ1) is 37.3. The summed E-state index contributed by atoms with van der Waals surface area (Å²) in [5.74, 6) is -6.03. The van der Waals surface area contributed by atoms with Crippen molar-refractivity contribution in [1.29, 1.82) is 0 Å². The molecule has 12 nitrogen and oxygen atoms in total. The summed E-state index contributed by atoms with van der Waals surface area (Å²) in [5, 5.41) is 68.7. The van der Waals surface area contributed by atoms with Gasteiger partial charge in [0.1, 0.15) is 0 Å². The highest BCUT2D eigenvalue weighted by molar-refractivity contribution is 6.61. The number of benzene rings is 2. The molecule has 0 radical (unpaired) electrons. The maximum absolute atomic E-state index is 13.0. The largest absolute Gasteiger partial charge is 0.491 e. The maximum atomic E-state index is 13.0. The Kier molecular flexibility index (Phi) is 18.3. The van der Waals surface area contributed by atoms with Crippen molar-refractivity contribution in [3.05, 3.63) is 47.5 Å². The van der Waals surface area contributed by atoms with Crippen LogP contribution in [-0.4, -0.2) is 90.6 Å². The molecule has 16 N–H and O–H groups in total. The molecule has 32 heavy (non-hydrogen) atoms. The summed E-state index contributed by atoms with van der Waals surface area (Å²) in [7, 11) is -8.58. The highest BCUT2D eigenvalue weighted by Crippen LogP contribution is 2.02. The molecule has 0 saturated heterocycles. The Morgan fingerprint density at radius 1 is 0.375 bits per heavy atom. The van der Waals surface area contributed by atoms with Crippen LogP contribution in [0.4, 0.5) is 17.6 Å². The summed E-state index contributed by atoms with van der Waals surface area (Å²) in [6.07, 6.45) is 0. The second-order valence-corrected chi connectivity index (χ2v) is 5.24. The van der Waals surface area contributed by atoms with Crippen LogP contribution in [0.15, 0.2) is 24.3 Å². The van der Waals surface area contributed by atoms with E-state index in [2.05, 4.69) is 0 Å². The first-order valence-electron chi connectivity index (χ1n) is 7.30. The van der Waals surface area contributed by atoms with Gasteiger partial charge in [-0.2, -0.15) is 0 Å². The number of halogens is 4. The molecule has 0 aromatic heterocycles. The van der Waals surface area contributed by atoms with E-state index < -0.39 is 73.6 Å². The second-order valence-electron chi connectivity index (χ2n) is 5.24. The molecule has 0 fully saturated rings. The van der Waals surface area contributed by atoms with Crippen molar-refractivity contribution in [2.75, 3.05) is 0 Å². The van der Waals surface area contributed by atoms with Gasteiger partial charge in [0.25, 0.3) is 0 Å². The minimum Gasteiger partial charge on any atom is -0.423 e. The molecule has 0 spiro atoms. The van der Waals surface area contributed by atoms with Gasteiger partial charge in [-0.15, -0.1) is 0 Å². The van der Waals surface area contributed by atoms with Crippen molar-refractivity contribution in [3.8, 4) is 0 Å². The molecule has 180 valence electrons. The lowest BCUT2D eigenvalue weighted by Crippen LogP contribution is -2.40. The van der Waals surface area contributed by atoms with Crippen LogP contribution in [-0.2, 0) is 0 Å². The van der Waals surface area contributed by atoms with Gasteiger partial charge in [-0.1, -0.05) is 24.3 Å². The smallest absolute Gasteiger partial charge is 0.423 e. The zero-order valence-corrected chi connectivity index (χ0v) is 15.7. The van der Waals surface area contributed by atoms with E-state index >= 15 is 0 Å². The fourth-order valence-corrected chi connectivity index (χ4v) is 1.96. The van der Waals surface area contributed by atoms with Crippen LogP contribution in [0.1, 0.15) is 0 Å². The standard InChI is InChI=1S/2C6H6B2F2O4.4H2O/c2*9-5-3(7(11)12)1-2-4(6(5)10)8(13)14;;;;/h2*1-2,11-14H;4*1H2. The van der Waals surface area contributed by atoms with Crippen molar-refractivity contribution in [2.45, 2.75) is 0 Å². The van der Waals surface area contributed by atoms with E-state index in [1.165, 1.54) is 0 Å².